The van der Waals surface area contributed by atoms with Crippen molar-refractivity contribution in [1.82, 2.24) is 9.88 Å². The van der Waals surface area contributed by atoms with Gasteiger partial charge in [-0.25, -0.2) is 0 Å². The molecule has 1 saturated heterocycles. The molecule has 0 aromatic carbocycles. The molecule has 5 nitrogen and oxygen atoms in total. The minimum absolute atomic E-state index is 0.0353. The number of carbonyl (C=O) groups is 1. The van der Waals surface area contributed by atoms with Gasteiger partial charge in [-0.1, -0.05) is 27.7 Å². The van der Waals surface area contributed by atoms with Crippen molar-refractivity contribution >= 4 is 11.6 Å². The number of hydrogen-bond acceptors (Lipinski definition) is 4. The number of likely N-dealkylation sites (tertiary alicyclic amines) is 1. The molecule has 5 heteroatoms. The number of hydrogen-bond donors (Lipinski definition) is 2. The lowest BCUT2D eigenvalue weighted by Crippen LogP contribution is -2.34. The number of rotatable bonds is 5. The average Bonchev–Trinajstić information content (AvgIpc) is 3.03. The van der Waals surface area contributed by atoms with Gasteiger partial charge in [0.2, 0.25) is 0 Å². The first-order chi connectivity index (χ1) is 11.7. The molecule has 1 atom stereocenters. The summed E-state index contributed by atoms with van der Waals surface area (Å²) in [6.07, 6.45) is 2.37. The van der Waals surface area contributed by atoms with E-state index in [1.165, 1.54) is 11.6 Å². The van der Waals surface area contributed by atoms with E-state index in [1.54, 1.807) is 4.90 Å². The molecule has 1 aromatic rings. The van der Waals surface area contributed by atoms with E-state index < -0.39 is 0 Å². The van der Waals surface area contributed by atoms with Gasteiger partial charge in [0, 0.05) is 36.1 Å². The summed E-state index contributed by atoms with van der Waals surface area (Å²) >= 11 is 0. The van der Waals surface area contributed by atoms with Gasteiger partial charge >= 0.3 is 0 Å². The summed E-state index contributed by atoms with van der Waals surface area (Å²) in [6, 6.07) is 4.29. The van der Waals surface area contributed by atoms with E-state index in [4.69, 9.17) is 11.1 Å². The van der Waals surface area contributed by atoms with Crippen molar-refractivity contribution in [2.75, 3.05) is 13.1 Å². The standard InChI is InChI=1S/C20H30N4O/c1-12(2)16-8-14(5)23-19(9-16)15-6-7-24(11-15)20(25)18(22)10-17(21)13(3)4/h8-10,12-13,15,22H,6-7,11,21H2,1-5H3. The van der Waals surface area contributed by atoms with Crippen LogP contribution in [0.15, 0.2) is 23.9 Å². The first kappa shape index (κ1) is 19.2. The number of nitrogens with zero attached hydrogens (tertiary/aromatic N) is 2. The Morgan fingerprint density at radius 2 is 2.04 bits per heavy atom. The van der Waals surface area contributed by atoms with Crippen LogP contribution in [0.4, 0.5) is 0 Å². The number of nitrogens with one attached hydrogen (secondary N) is 1. The zero-order valence-corrected chi connectivity index (χ0v) is 16.0. The van der Waals surface area contributed by atoms with Gasteiger partial charge in [-0.2, -0.15) is 0 Å². The number of allylic oxidation sites excluding steroid dienone is 1. The van der Waals surface area contributed by atoms with Crippen LogP contribution in [0.25, 0.3) is 0 Å². The Kier molecular flexibility index (Phi) is 5.98. The van der Waals surface area contributed by atoms with E-state index in [0.717, 1.165) is 17.8 Å². The molecule has 2 heterocycles. The van der Waals surface area contributed by atoms with Crippen LogP contribution in [-0.2, 0) is 4.79 Å². The van der Waals surface area contributed by atoms with Crippen molar-refractivity contribution in [3.63, 3.8) is 0 Å². The summed E-state index contributed by atoms with van der Waals surface area (Å²) in [7, 11) is 0. The number of aryl methyl sites for hydroxylation is 1. The fourth-order valence-corrected chi connectivity index (χ4v) is 3.02. The maximum Gasteiger partial charge on any atom is 0.271 e. The minimum atomic E-state index is -0.247. The second-order valence-electron chi connectivity index (χ2n) is 7.57. The molecule has 1 aliphatic rings. The van der Waals surface area contributed by atoms with Crippen LogP contribution in [0.3, 0.4) is 0 Å². The largest absolute Gasteiger partial charge is 0.402 e. The highest BCUT2D eigenvalue weighted by Crippen LogP contribution is 2.28. The smallest absolute Gasteiger partial charge is 0.271 e. The fourth-order valence-electron chi connectivity index (χ4n) is 3.02. The van der Waals surface area contributed by atoms with Crippen LogP contribution < -0.4 is 5.73 Å². The lowest BCUT2D eigenvalue weighted by molar-refractivity contribution is -0.123. The van der Waals surface area contributed by atoms with Crippen molar-refractivity contribution in [3.8, 4) is 0 Å². The van der Waals surface area contributed by atoms with Gasteiger partial charge in [-0.3, -0.25) is 15.2 Å². The maximum absolute atomic E-state index is 12.5. The number of pyridine rings is 1. The van der Waals surface area contributed by atoms with E-state index in [1.807, 2.05) is 20.8 Å². The zero-order chi connectivity index (χ0) is 18.7. The molecular formula is C20H30N4O. The Bertz CT molecular complexity index is 691. The van der Waals surface area contributed by atoms with E-state index in [2.05, 4.69) is 31.0 Å². The second kappa shape index (κ2) is 7.81. The molecule has 1 amide bonds. The fraction of sp³-hybridized carbons (Fsp3) is 0.550. The highest BCUT2D eigenvalue weighted by atomic mass is 16.2. The summed E-state index contributed by atoms with van der Waals surface area (Å²) in [4.78, 5) is 18.9. The summed E-state index contributed by atoms with van der Waals surface area (Å²) in [5.74, 6) is 0.575. The molecular weight excluding hydrogens is 312 g/mol. The van der Waals surface area contributed by atoms with Crippen molar-refractivity contribution < 1.29 is 4.79 Å². The van der Waals surface area contributed by atoms with Gasteiger partial charge in [0.05, 0.1) is 0 Å². The predicted molar refractivity (Wildman–Crippen MR) is 102 cm³/mol. The molecule has 2 rings (SSSR count). The summed E-state index contributed by atoms with van der Waals surface area (Å²) in [5.41, 5.74) is 9.77. The van der Waals surface area contributed by atoms with Crippen molar-refractivity contribution in [1.29, 1.82) is 5.41 Å². The molecule has 0 radical (unpaired) electrons. The SMILES string of the molecule is Cc1cc(C(C)C)cc(C2CCN(C(=O)C(=N)C=C(N)C(C)C)C2)n1. The van der Waals surface area contributed by atoms with E-state index in [9.17, 15) is 4.79 Å². The van der Waals surface area contributed by atoms with Crippen LogP contribution in [-0.4, -0.2) is 34.6 Å². The van der Waals surface area contributed by atoms with Crippen LogP contribution in [0.5, 0.6) is 0 Å². The molecule has 3 N–H and O–H groups in total. The molecule has 1 aromatic heterocycles. The molecule has 0 saturated carbocycles. The monoisotopic (exact) mass is 342 g/mol. The van der Waals surface area contributed by atoms with Crippen LogP contribution in [0.1, 0.15) is 62.9 Å². The Morgan fingerprint density at radius 3 is 2.64 bits per heavy atom. The molecule has 1 fully saturated rings. The lowest BCUT2D eigenvalue weighted by atomic mass is 9.97. The molecule has 25 heavy (non-hydrogen) atoms. The van der Waals surface area contributed by atoms with E-state index in [-0.39, 0.29) is 23.5 Å². The van der Waals surface area contributed by atoms with Crippen molar-refractivity contribution in [3.05, 3.63) is 40.9 Å². The predicted octanol–water partition coefficient (Wildman–Crippen LogP) is 3.35. The van der Waals surface area contributed by atoms with Gasteiger partial charge in [0.15, 0.2) is 0 Å². The lowest BCUT2D eigenvalue weighted by Gasteiger charge is -2.17. The molecule has 1 unspecified atom stereocenters. The average molecular weight is 342 g/mol. The number of carbonyl (C=O) groups excluding carboxylic acids is 1. The molecule has 136 valence electrons. The van der Waals surface area contributed by atoms with E-state index >= 15 is 0 Å². The Labute approximate surface area is 150 Å². The maximum atomic E-state index is 12.5. The summed E-state index contributed by atoms with van der Waals surface area (Å²) in [6.45, 7) is 11.5. The van der Waals surface area contributed by atoms with Crippen LogP contribution >= 0.6 is 0 Å². The molecule has 0 spiro atoms. The molecule has 0 bridgehead atoms. The number of nitrogens with two attached hydrogens (primary N) is 1. The number of amides is 1. The van der Waals surface area contributed by atoms with E-state index in [0.29, 0.717) is 24.7 Å². The second-order valence-corrected chi connectivity index (χ2v) is 7.57. The quantitative estimate of drug-likeness (QED) is 0.805. The Morgan fingerprint density at radius 1 is 1.36 bits per heavy atom. The van der Waals surface area contributed by atoms with Crippen LogP contribution in [0, 0.1) is 18.3 Å². The summed E-state index contributed by atoms with van der Waals surface area (Å²) < 4.78 is 0. The zero-order valence-electron chi connectivity index (χ0n) is 16.0. The molecule has 1 aliphatic heterocycles. The minimum Gasteiger partial charge on any atom is -0.402 e. The highest BCUT2D eigenvalue weighted by molar-refractivity contribution is 6.42. The Hall–Kier alpha value is -2.17. The third-order valence-electron chi connectivity index (χ3n) is 4.76. The topological polar surface area (TPSA) is 83.1 Å². The third-order valence-corrected chi connectivity index (χ3v) is 4.76. The first-order valence-corrected chi connectivity index (χ1v) is 9.02. The van der Waals surface area contributed by atoms with Crippen molar-refractivity contribution in [2.24, 2.45) is 11.7 Å². The first-order valence-electron chi connectivity index (χ1n) is 9.02. The normalized spacial score (nSPS) is 18.3. The number of aromatic nitrogens is 1. The molecule has 0 aliphatic carbocycles. The van der Waals surface area contributed by atoms with Gasteiger partial charge in [0.25, 0.3) is 5.91 Å². The highest BCUT2D eigenvalue weighted by Gasteiger charge is 2.30. The third kappa shape index (κ3) is 4.68. The summed E-state index contributed by atoms with van der Waals surface area (Å²) in [5, 5.41) is 8.01. The van der Waals surface area contributed by atoms with Gasteiger partial charge in [-0.15, -0.1) is 0 Å². The van der Waals surface area contributed by atoms with Gasteiger partial charge in [-0.05, 0) is 49.0 Å². The Balaban J connectivity index is 2.10. The van der Waals surface area contributed by atoms with Gasteiger partial charge < -0.3 is 10.6 Å². The van der Waals surface area contributed by atoms with Gasteiger partial charge in [0.1, 0.15) is 5.71 Å². The van der Waals surface area contributed by atoms with Crippen molar-refractivity contribution in [2.45, 2.75) is 52.9 Å². The van der Waals surface area contributed by atoms with Crippen LogP contribution in [0.2, 0.25) is 0 Å².